The molecule has 0 radical (unpaired) electrons. The molecule has 0 saturated carbocycles. The normalized spacial score (nSPS) is 11.1. The minimum absolute atomic E-state index is 0.0265. The van der Waals surface area contributed by atoms with E-state index < -0.39 is 27.5 Å². The molecule has 2 aromatic rings. The fourth-order valence-corrected chi connectivity index (χ4v) is 2.96. The van der Waals surface area contributed by atoms with Gasteiger partial charge in [-0.1, -0.05) is 6.07 Å². The van der Waals surface area contributed by atoms with Crippen LogP contribution in [0.5, 0.6) is 5.75 Å². The van der Waals surface area contributed by atoms with Crippen molar-refractivity contribution in [3.8, 4) is 5.75 Å². The molecule has 2 rings (SSSR count). The van der Waals surface area contributed by atoms with Crippen molar-refractivity contribution in [1.29, 1.82) is 0 Å². The first kappa shape index (κ1) is 20.3. The number of aryl methyl sites for hydroxylation is 2. The number of amides is 1. The molecule has 0 saturated heterocycles. The third-order valence-electron chi connectivity index (χ3n) is 3.91. The predicted octanol–water partition coefficient (Wildman–Crippen LogP) is 2.18. The van der Waals surface area contributed by atoms with Gasteiger partial charge in [0.1, 0.15) is 0 Å². The summed E-state index contributed by atoms with van der Waals surface area (Å²) in [6.45, 7) is 4.65. The zero-order valence-corrected chi connectivity index (χ0v) is 15.8. The monoisotopic (exact) mass is 393 g/mol. The largest absolute Gasteiger partial charge is 0.477 e. The first-order chi connectivity index (χ1) is 12.5. The van der Waals surface area contributed by atoms with E-state index in [2.05, 4.69) is 5.32 Å². The number of primary sulfonamides is 1. The molecule has 0 aliphatic rings. The molecule has 0 aliphatic carbocycles. The number of nitro benzene ring substituents is 1. The van der Waals surface area contributed by atoms with E-state index in [4.69, 9.17) is 9.88 Å². The van der Waals surface area contributed by atoms with E-state index in [1.165, 1.54) is 24.3 Å². The van der Waals surface area contributed by atoms with Crippen LogP contribution in [0, 0.1) is 30.9 Å². The second-order valence-electron chi connectivity index (χ2n) is 6.02. The number of nitrogens with zero attached hydrogens (tertiary/aromatic N) is 1. The van der Waals surface area contributed by atoms with Crippen LogP contribution in [0.15, 0.2) is 35.2 Å². The van der Waals surface area contributed by atoms with Crippen molar-refractivity contribution < 1.29 is 22.9 Å². The van der Waals surface area contributed by atoms with E-state index in [9.17, 15) is 23.3 Å². The molecule has 0 bridgehead atoms. The van der Waals surface area contributed by atoms with Gasteiger partial charge in [0, 0.05) is 11.8 Å². The van der Waals surface area contributed by atoms with Crippen molar-refractivity contribution in [2.75, 3.05) is 11.9 Å². The van der Waals surface area contributed by atoms with Crippen LogP contribution < -0.4 is 15.2 Å². The number of nitrogens with one attached hydrogen (secondary N) is 1. The molecular formula is C17H19N3O6S. The summed E-state index contributed by atoms with van der Waals surface area (Å²) in [5.41, 5.74) is 2.05. The Balaban J connectivity index is 2.19. The molecule has 0 heterocycles. The molecule has 0 atom stereocenters. The number of hydrogen-bond acceptors (Lipinski definition) is 6. The summed E-state index contributed by atoms with van der Waals surface area (Å²) < 4.78 is 28.4. The minimum atomic E-state index is -3.93. The van der Waals surface area contributed by atoms with Gasteiger partial charge in [-0.3, -0.25) is 14.9 Å². The van der Waals surface area contributed by atoms with Gasteiger partial charge in [-0.2, -0.15) is 0 Å². The Bertz CT molecular complexity index is 1020. The average Bonchev–Trinajstić information content (AvgIpc) is 2.55. The van der Waals surface area contributed by atoms with Crippen LogP contribution >= 0.6 is 0 Å². The molecule has 9 nitrogen and oxygen atoms in total. The molecule has 3 N–H and O–H groups in total. The number of carbonyl (C=O) groups is 1. The Morgan fingerprint density at radius 2 is 1.89 bits per heavy atom. The van der Waals surface area contributed by atoms with Gasteiger partial charge in [0.2, 0.25) is 10.0 Å². The predicted molar refractivity (Wildman–Crippen MR) is 99.2 cm³/mol. The number of ether oxygens (including phenoxy) is 1. The highest BCUT2D eigenvalue weighted by molar-refractivity contribution is 7.89. The molecule has 0 aromatic heterocycles. The molecule has 144 valence electrons. The number of anilines is 1. The zero-order valence-electron chi connectivity index (χ0n) is 15.0. The van der Waals surface area contributed by atoms with E-state index in [1.807, 2.05) is 0 Å². The number of nitrogens with two attached hydrogens (primary N) is 1. The van der Waals surface area contributed by atoms with Crippen LogP contribution in [0.1, 0.15) is 16.7 Å². The molecule has 10 heteroatoms. The number of rotatable bonds is 6. The second-order valence-corrected chi connectivity index (χ2v) is 7.58. The summed E-state index contributed by atoms with van der Waals surface area (Å²) in [6, 6.07) is 6.99. The summed E-state index contributed by atoms with van der Waals surface area (Å²) in [5.74, 6) is -0.624. The highest BCUT2D eigenvalue weighted by Gasteiger charge is 2.18. The van der Waals surface area contributed by atoms with E-state index in [-0.39, 0.29) is 22.0 Å². The van der Waals surface area contributed by atoms with Crippen molar-refractivity contribution in [1.82, 2.24) is 0 Å². The van der Waals surface area contributed by atoms with Gasteiger partial charge in [0.05, 0.1) is 9.82 Å². The van der Waals surface area contributed by atoms with Gasteiger partial charge in [-0.25, -0.2) is 13.6 Å². The Morgan fingerprint density at radius 1 is 1.22 bits per heavy atom. The maximum Gasteiger partial charge on any atom is 0.310 e. The molecular weight excluding hydrogens is 374 g/mol. The SMILES string of the molecule is Cc1ccc([N+](=O)[O-])c(OCC(=O)Nc2cc(S(N)(=O)=O)cc(C)c2C)c1. The molecule has 2 aromatic carbocycles. The van der Waals surface area contributed by atoms with Crippen LogP contribution in [-0.4, -0.2) is 25.9 Å². The van der Waals surface area contributed by atoms with E-state index in [0.29, 0.717) is 11.1 Å². The lowest BCUT2D eigenvalue weighted by Gasteiger charge is -2.13. The summed E-state index contributed by atoms with van der Waals surface area (Å²) in [4.78, 5) is 22.5. The van der Waals surface area contributed by atoms with Crippen molar-refractivity contribution in [3.63, 3.8) is 0 Å². The highest BCUT2D eigenvalue weighted by atomic mass is 32.2. The molecule has 0 fully saturated rings. The molecule has 0 aliphatic heterocycles. The van der Waals surface area contributed by atoms with Gasteiger partial charge < -0.3 is 10.1 Å². The molecule has 0 spiro atoms. The van der Waals surface area contributed by atoms with Crippen molar-refractivity contribution in [3.05, 3.63) is 57.1 Å². The topological polar surface area (TPSA) is 142 Å². The summed E-state index contributed by atoms with van der Waals surface area (Å²) >= 11 is 0. The van der Waals surface area contributed by atoms with E-state index in [1.54, 1.807) is 26.8 Å². The standard InChI is InChI=1S/C17H19N3O6S/c1-10-4-5-15(20(22)23)16(6-10)26-9-17(21)19-14-8-13(27(18,24)25)7-11(2)12(14)3/h4-8H,9H2,1-3H3,(H,19,21)(H2,18,24,25). The van der Waals surface area contributed by atoms with Crippen LogP contribution in [0.4, 0.5) is 11.4 Å². The second kappa shape index (κ2) is 7.72. The Morgan fingerprint density at radius 3 is 2.48 bits per heavy atom. The number of hydrogen-bond donors (Lipinski definition) is 2. The average molecular weight is 393 g/mol. The maximum absolute atomic E-state index is 12.2. The Labute approximate surface area is 156 Å². The van der Waals surface area contributed by atoms with Crippen molar-refractivity contribution in [2.45, 2.75) is 25.7 Å². The van der Waals surface area contributed by atoms with Gasteiger partial charge in [0.15, 0.2) is 12.4 Å². The minimum Gasteiger partial charge on any atom is -0.477 e. The molecule has 27 heavy (non-hydrogen) atoms. The first-order valence-corrected chi connectivity index (χ1v) is 9.35. The number of nitro groups is 1. The quantitative estimate of drug-likeness (QED) is 0.569. The fraction of sp³-hybridized carbons (Fsp3) is 0.235. The van der Waals surface area contributed by atoms with E-state index >= 15 is 0 Å². The lowest BCUT2D eigenvalue weighted by atomic mass is 10.1. The van der Waals surface area contributed by atoms with Gasteiger partial charge in [-0.15, -0.1) is 0 Å². The van der Waals surface area contributed by atoms with Crippen LogP contribution in [0.2, 0.25) is 0 Å². The first-order valence-electron chi connectivity index (χ1n) is 7.81. The van der Waals surface area contributed by atoms with E-state index in [0.717, 1.165) is 5.56 Å². The number of benzene rings is 2. The third kappa shape index (κ3) is 5.02. The van der Waals surface area contributed by atoms with Gasteiger partial charge >= 0.3 is 5.69 Å². The van der Waals surface area contributed by atoms with Crippen molar-refractivity contribution >= 4 is 27.3 Å². The number of carbonyl (C=O) groups excluding carboxylic acids is 1. The summed E-state index contributed by atoms with van der Waals surface area (Å²) in [5, 5.41) is 18.7. The Kier molecular flexibility index (Phi) is 5.82. The van der Waals surface area contributed by atoms with Crippen LogP contribution in [0.25, 0.3) is 0 Å². The molecule has 0 unspecified atom stereocenters. The van der Waals surface area contributed by atoms with Gasteiger partial charge in [-0.05, 0) is 55.7 Å². The summed E-state index contributed by atoms with van der Waals surface area (Å²) in [6.07, 6.45) is 0. The number of sulfonamides is 1. The smallest absolute Gasteiger partial charge is 0.310 e. The third-order valence-corrected chi connectivity index (χ3v) is 4.81. The Hall–Kier alpha value is -2.98. The van der Waals surface area contributed by atoms with Crippen molar-refractivity contribution in [2.24, 2.45) is 5.14 Å². The van der Waals surface area contributed by atoms with Gasteiger partial charge in [0.25, 0.3) is 5.91 Å². The highest BCUT2D eigenvalue weighted by Crippen LogP contribution is 2.28. The van der Waals surface area contributed by atoms with Crippen LogP contribution in [-0.2, 0) is 14.8 Å². The van der Waals surface area contributed by atoms with Crippen LogP contribution in [0.3, 0.4) is 0 Å². The zero-order chi connectivity index (χ0) is 20.4. The maximum atomic E-state index is 12.2. The molecule has 1 amide bonds. The fourth-order valence-electron chi connectivity index (χ4n) is 2.34. The lowest BCUT2D eigenvalue weighted by Crippen LogP contribution is -2.22. The lowest BCUT2D eigenvalue weighted by molar-refractivity contribution is -0.385. The summed E-state index contributed by atoms with van der Waals surface area (Å²) in [7, 11) is -3.93.